The number of nitrogens with zero attached hydrogens (tertiary/aromatic N) is 4. The van der Waals surface area contributed by atoms with Crippen LogP contribution in [0.3, 0.4) is 0 Å². The number of fused-ring (bicyclic) bond motifs is 3. The van der Waals surface area contributed by atoms with Gasteiger partial charge < -0.3 is 20.2 Å². The Morgan fingerprint density at radius 1 is 1.03 bits per heavy atom. The highest BCUT2D eigenvalue weighted by Crippen LogP contribution is 2.38. The highest BCUT2D eigenvalue weighted by Gasteiger charge is 2.44. The van der Waals surface area contributed by atoms with E-state index in [0.717, 1.165) is 37.1 Å². The van der Waals surface area contributed by atoms with Gasteiger partial charge in [-0.15, -0.1) is 0 Å². The van der Waals surface area contributed by atoms with Crippen molar-refractivity contribution in [2.24, 2.45) is 5.92 Å². The molecule has 204 valence electrons. The number of benzene rings is 1. The van der Waals surface area contributed by atoms with E-state index in [9.17, 15) is 32.7 Å². The number of aromatic nitrogens is 2. The fourth-order valence-corrected chi connectivity index (χ4v) is 5.89. The van der Waals surface area contributed by atoms with Crippen LogP contribution in [-0.2, 0) is 30.6 Å². The molecule has 4 heterocycles. The van der Waals surface area contributed by atoms with Crippen molar-refractivity contribution >= 4 is 17.9 Å². The first kappa shape index (κ1) is 26.1. The van der Waals surface area contributed by atoms with Crippen LogP contribution in [0.25, 0.3) is 0 Å². The maximum absolute atomic E-state index is 13.5. The molecule has 0 radical (unpaired) electrons. The van der Waals surface area contributed by atoms with Crippen LogP contribution in [-0.4, -0.2) is 61.2 Å². The van der Waals surface area contributed by atoms with Crippen molar-refractivity contribution in [1.29, 1.82) is 0 Å². The minimum Gasteiger partial charge on any atom is -0.481 e. The van der Waals surface area contributed by atoms with Gasteiger partial charge in [0.25, 0.3) is 5.91 Å². The number of carbonyl (C=O) groups excluding carboxylic acids is 2. The molecule has 2 N–H and O–H groups in total. The van der Waals surface area contributed by atoms with Gasteiger partial charge >= 0.3 is 18.2 Å². The van der Waals surface area contributed by atoms with Crippen LogP contribution in [0, 0.1) is 5.92 Å². The van der Waals surface area contributed by atoms with Crippen molar-refractivity contribution < 1.29 is 32.7 Å². The maximum atomic E-state index is 13.5. The van der Waals surface area contributed by atoms with Gasteiger partial charge in [-0.3, -0.25) is 14.3 Å². The van der Waals surface area contributed by atoms with Gasteiger partial charge in [0.05, 0.1) is 23.7 Å². The molecule has 2 saturated heterocycles. The summed E-state index contributed by atoms with van der Waals surface area (Å²) in [4.78, 5) is 41.3. The molecule has 3 aliphatic heterocycles. The lowest BCUT2D eigenvalue weighted by Gasteiger charge is -2.47. The Bertz CT molecular complexity index is 1200. The van der Waals surface area contributed by atoms with Gasteiger partial charge in [-0.25, -0.2) is 4.79 Å². The highest BCUT2D eigenvalue weighted by molar-refractivity contribution is 5.93. The lowest BCUT2D eigenvalue weighted by Crippen LogP contribution is -2.55. The smallest absolute Gasteiger partial charge is 0.416 e. The number of nitrogens with one attached hydrogen (secondary N) is 1. The molecule has 0 spiro atoms. The van der Waals surface area contributed by atoms with Gasteiger partial charge in [0.15, 0.2) is 5.69 Å². The predicted molar refractivity (Wildman–Crippen MR) is 129 cm³/mol. The van der Waals surface area contributed by atoms with Crippen LogP contribution < -0.4 is 5.32 Å². The van der Waals surface area contributed by atoms with Crippen LogP contribution >= 0.6 is 0 Å². The molecule has 3 aliphatic rings. The van der Waals surface area contributed by atoms with Crippen molar-refractivity contribution in [3.63, 3.8) is 0 Å². The van der Waals surface area contributed by atoms with Crippen molar-refractivity contribution in [3.05, 3.63) is 52.8 Å². The van der Waals surface area contributed by atoms with Gasteiger partial charge in [-0.1, -0.05) is 12.1 Å². The topological polar surface area (TPSA) is 108 Å². The minimum atomic E-state index is -4.41. The van der Waals surface area contributed by atoms with Crippen LogP contribution in [0.1, 0.15) is 65.8 Å². The summed E-state index contributed by atoms with van der Waals surface area (Å²) in [5.41, 5.74) is 0.837. The van der Waals surface area contributed by atoms with E-state index in [1.54, 1.807) is 15.6 Å². The monoisotopic (exact) mass is 533 g/mol. The average molecular weight is 534 g/mol. The summed E-state index contributed by atoms with van der Waals surface area (Å²) in [6.45, 7) is 1.34. The number of hydrogen-bond acceptors (Lipinski definition) is 4. The highest BCUT2D eigenvalue weighted by atomic mass is 19.4. The van der Waals surface area contributed by atoms with E-state index in [4.69, 9.17) is 0 Å². The molecule has 0 saturated carbocycles. The van der Waals surface area contributed by atoms with Crippen molar-refractivity contribution in [1.82, 2.24) is 24.9 Å². The summed E-state index contributed by atoms with van der Waals surface area (Å²) in [7, 11) is 0. The van der Waals surface area contributed by atoms with E-state index in [1.165, 1.54) is 12.1 Å². The molecule has 2 unspecified atom stereocenters. The van der Waals surface area contributed by atoms with E-state index in [-0.39, 0.29) is 37.1 Å². The molecular weight excluding hydrogens is 503 g/mol. The fraction of sp³-hybridized carbons (Fsp3) is 0.538. The standard InChI is InChI=1S/C26H30F3N5O4/c27-26(28,29)18-7-5-16(6-8-18)14-30-25(38)32-9-2-10-33-21(15-32)13-22(31-33)23(35)34-19-3-1-4-20(34)12-17(11-19)24(36)37/h5-8,13,17,19-20H,1-4,9-12,14-15H2,(H,30,38)(H,36,37). The second-order valence-electron chi connectivity index (χ2n) is 10.3. The molecule has 1 aromatic heterocycles. The number of halogens is 3. The number of carbonyl (C=O) groups is 3. The number of urea groups is 1. The van der Waals surface area contributed by atoms with Gasteiger partial charge in [-0.05, 0) is 62.3 Å². The maximum Gasteiger partial charge on any atom is 0.416 e. The first-order chi connectivity index (χ1) is 18.1. The Morgan fingerprint density at radius 2 is 1.71 bits per heavy atom. The zero-order valence-corrected chi connectivity index (χ0v) is 20.8. The molecule has 3 amide bonds. The number of amides is 3. The Morgan fingerprint density at radius 3 is 2.34 bits per heavy atom. The zero-order chi connectivity index (χ0) is 27.0. The lowest BCUT2D eigenvalue weighted by molar-refractivity contribution is -0.145. The number of alkyl halides is 3. The minimum absolute atomic E-state index is 0.0888. The Kier molecular flexibility index (Phi) is 7.06. The number of rotatable bonds is 4. The quantitative estimate of drug-likeness (QED) is 0.621. The first-order valence-electron chi connectivity index (χ1n) is 12.9. The van der Waals surface area contributed by atoms with Crippen molar-refractivity contribution in [2.75, 3.05) is 6.54 Å². The zero-order valence-electron chi connectivity index (χ0n) is 20.8. The van der Waals surface area contributed by atoms with E-state index in [2.05, 4.69) is 10.4 Å². The van der Waals surface area contributed by atoms with E-state index < -0.39 is 23.6 Å². The molecule has 5 rings (SSSR count). The lowest BCUT2D eigenvalue weighted by atomic mass is 9.78. The Labute approximate surface area is 217 Å². The SMILES string of the molecule is O=C(O)C1CC2CCCC(C1)N2C(=O)c1cc2n(n1)CCCN(C(=O)NCc1ccc(C(F)(F)F)cc1)C2. The number of hydrogen-bond donors (Lipinski definition) is 2. The predicted octanol–water partition coefficient (Wildman–Crippen LogP) is 3.88. The molecule has 0 aliphatic carbocycles. The third-order valence-electron chi connectivity index (χ3n) is 7.80. The van der Waals surface area contributed by atoms with Crippen molar-refractivity contribution in [2.45, 2.75) is 76.4 Å². The summed E-state index contributed by atoms with van der Waals surface area (Å²) in [5.74, 6) is -1.43. The number of aryl methyl sites for hydroxylation is 1. The first-order valence-corrected chi connectivity index (χ1v) is 12.9. The molecule has 1 aromatic carbocycles. The largest absolute Gasteiger partial charge is 0.481 e. The molecule has 2 atom stereocenters. The summed E-state index contributed by atoms with van der Waals surface area (Å²) >= 11 is 0. The van der Waals surface area contributed by atoms with Crippen LogP contribution in [0.5, 0.6) is 0 Å². The molecule has 2 fully saturated rings. The van der Waals surface area contributed by atoms with Gasteiger partial charge in [0, 0.05) is 31.7 Å². The fourth-order valence-electron chi connectivity index (χ4n) is 5.89. The van der Waals surface area contributed by atoms with Crippen molar-refractivity contribution in [3.8, 4) is 0 Å². The molecule has 2 aromatic rings. The van der Waals surface area contributed by atoms with Gasteiger partial charge in [0.2, 0.25) is 0 Å². The Hall–Kier alpha value is -3.57. The normalized spacial score (nSPS) is 23.4. The number of carboxylic acids is 1. The number of carboxylic acid groups (broad SMARTS) is 1. The number of piperidine rings is 2. The molecule has 9 nitrogen and oxygen atoms in total. The summed E-state index contributed by atoms with van der Waals surface area (Å²) < 4.78 is 40.1. The molecular formula is C26H30F3N5O4. The summed E-state index contributed by atoms with van der Waals surface area (Å²) in [6.07, 6.45) is -0.327. The second kappa shape index (κ2) is 10.3. The van der Waals surface area contributed by atoms with Crippen LogP contribution in [0.15, 0.2) is 30.3 Å². The summed E-state index contributed by atoms with van der Waals surface area (Å²) in [5, 5.41) is 16.8. The molecule has 12 heteroatoms. The number of aliphatic carboxylic acids is 1. The van der Waals surface area contributed by atoms with Gasteiger partial charge in [-0.2, -0.15) is 18.3 Å². The van der Waals surface area contributed by atoms with Crippen LogP contribution in [0.2, 0.25) is 0 Å². The van der Waals surface area contributed by atoms with Crippen LogP contribution in [0.4, 0.5) is 18.0 Å². The summed E-state index contributed by atoms with van der Waals surface area (Å²) in [6, 6.07) is 5.81. The third-order valence-corrected chi connectivity index (χ3v) is 7.80. The van der Waals surface area contributed by atoms with E-state index in [1.807, 2.05) is 4.90 Å². The molecule has 2 bridgehead atoms. The van der Waals surface area contributed by atoms with E-state index >= 15 is 0 Å². The second-order valence-corrected chi connectivity index (χ2v) is 10.3. The van der Waals surface area contributed by atoms with E-state index in [0.29, 0.717) is 43.6 Å². The third kappa shape index (κ3) is 5.34. The average Bonchev–Trinajstić information content (AvgIpc) is 3.17. The van der Waals surface area contributed by atoms with Gasteiger partial charge in [0.1, 0.15) is 0 Å². The Balaban J connectivity index is 1.23. The molecule has 38 heavy (non-hydrogen) atoms.